The number of thiophene rings is 1. The number of nitrogens with zero attached hydrogens (tertiary/aromatic N) is 1. The molecule has 0 N–H and O–H groups in total. The largest absolute Gasteiger partial charge is 0.235 e. The molecule has 0 atom stereocenters. The van der Waals surface area contributed by atoms with Crippen LogP contribution in [0.3, 0.4) is 0 Å². The van der Waals surface area contributed by atoms with Crippen molar-refractivity contribution in [3.05, 3.63) is 53.2 Å². The summed E-state index contributed by atoms with van der Waals surface area (Å²) in [6.45, 7) is 4.52. The van der Waals surface area contributed by atoms with E-state index in [0.717, 1.165) is 17.3 Å². The number of rotatable bonds is 2. The van der Waals surface area contributed by atoms with Crippen LogP contribution in [-0.2, 0) is 6.42 Å². The van der Waals surface area contributed by atoms with Gasteiger partial charge < -0.3 is 0 Å². The quantitative estimate of drug-likeness (QED) is 0.386. The number of benzene rings is 2. The van der Waals surface area contributed by atoms with E-state index in [-0.39, 0.29) is 0 Å². The van der Waals surface area contributed by atoms with Crippen molar-refractivity contribution in [3.63, 3.8) is 0 Å². The summed E-state index contributed by atoms with van der Waals surface area (Å²) in [5.41, 5.74) is 2.38. The summed E-state index contributed by atoms with van der Waals surface area (Å²) in [6.07, 6.45) is 1.09. The van der Waals surface area contributed by atoms with Crippen LogP contribution in [0.15, 0.2) is 42.5 Å². The molecule has 2 aromatic carbocycles. The van der Waals surface area contributed by atoms with Crippen molar-refractivity contribution in [3.8, 4) is 0 Å². The highest BCUT2D eigenvalue weighted by Crippen LogP contribution is 2.42. The second kappa shape index (κ2) is 5.22. The number of pyridine rings is 1. The molecule has 0 saturated heterocycles. The first-order chi connectivity index (χ1) is 10.6. The van der Waals surface area contributed by atoms with E-state index >= 15 is 0 Å². The molecule has 0 aliphatic heterocycles. The van der Waals surface area contributed by atoms with Crippen LogP contribution >= 0.6 is 22.9 Å². The molecule has 0 amide bonds. The van der Waals surface area contributed by atoms with Crippen LogP contribution in [0.1, 0.15) is 19.4 Å². The van der Waals surface area contributed by atoms with Crippen LogP contribution in [0.25, 0.3) is 31.1 Å². The van der Waals surface area contributed by atoms with Gasteiger partial charge in [-0.25, -0.2) is 4.98 Å². The summed E-state index contributed by atoms with van der Waals surface area (Å²) in [5.74, 6) is 0.640. The van der Waals surface area contributed by atoms with Gasteiger partial charge in [0.25, 0.3) is 0 Å². The Bertz CT molecular complexity index is 1000. The van der Waals surface area contributed by atoms with E-state index in [4.69, 9.17) is 11.6 Å². The molecule has 0 radical (unpaired) electrons. The molecule has 0 saturated carbocycles. The van der Waals surface area contributed by atoms with E-state index in [2.05, 4.69) is 49.2 Å². The normalized spacial score (nSPS) is 12.0. The molecule has 2 heterocycles. The molecular weight excluding hydrogens is 310 g/mol. The fraction of sp³-hybridized carbons (Fsp3) is 0.211. The SMILES string of the molecule is CC(C)Cc1cccc2c1sc1c3ccccc3nc(Cl)c21. The van der Waals surface area contributed by atoms with Gasteiger partial charge in [0, 0.05) is 25.6 Å². The highest BCUT2D eigenvalue weighted by molar-refractivity contribution is 7.27. The minimum Gasteiger partial charge on any atom is -0.235 e. The van der Waals surface area contributed by atoms with E-state index < -0.39 is 0 Å². The first-order valence-electron chi connectivity index (χ1n) is 7.53. The zero-order valence-electron chi connectivity index (χ0n) is 12.6. The molecule has 22 heavy (non-hydrogen) atoms. The zero-order valence-corrected chi connectivity index (χ0v) is 14.1. The summed E-state index contributed by atoms with van der Waals surface area (Å²) >= 11 is 8.36. The van der Waals surface area contributed by atoms with E-state index in [9.17, 15) is 0 Å². The first kappa shape index (κ1) is 14.0. The minimum atomic E-state index is 0.613. The lowest BCUT2D eigenvalue weighted by Gasteiger charge is -2.05. The van der Waals surface area contributed by atoms with Crippen LogP contribution in [0, 0.1) is 5.92 Å². The molecule has 1 nitrogen and oxygen atoms in total. The molecule has 4 rings (SSSR count). The van der Waals surface area contributed by atoms with Crippen LogP contribution in [0.2, 0.25) is 5.15 Å². The van der Waals surface area contributed by atoms with Gasteiger partial charge in [0.15, 0.2) is 0 Å². The Hall–Kier alpha value is -1.64. The van der Waals surface area contributed by atoms with Crippen molar-refractivity contribution < 1.29 is 0 Å². The Morgan fingerprint density at radius 1 is 1.00 bits per heavy atom. The Kier molecular flexibility index (Phi) is 3.32. The van der Waals surface area contributed by atoms with Gasteiger partial charge in [-0.2, -0.15) is 0 Å². The number of para-hydroxylation sites is 1. The molecule has 2 aromatic heterocycles. The molecular formula is C19H16ClNS. The van der Waals surface area contributed by atoms with Gasteiger partial charge in [0.2, 0.25) is 0 Å². The van der Waals surface area contributed by atoms with Crippen molar-refractivity contribution in [2.75, 3.05) is 0 Å². The topological polar surface area (TPSA) is 12.9 Å². The maximum atomic E-state index is 6.51. The number of hydrogen-bond acceptors (Lipinski definition) is 2. The summed E-state index contributed by atoms with van der Waals surface area (Å²) in [6, 6.07) is 14.8. The molecule has 110 valence electrons. The molecule has 0 spiro atoms. The Morgan fingerprint density at radius 3 is 2.59 bits per heavy atom. The predicted octanol–water partition coefficient (Wildman–Crippen LogP) is 6.45. The zero-order chi connectivity index (χ0) is 15.3. The molecule has 0 unspecified atom stereocenters. The van der Waals surface area contributed by atoms with Crippen LogP contribution < -0.4 is 0 Å². The highest BCUT2D eigenvalue weighted by Gasteiger charge is 2.15. The van der Waals surface area contributed by atoms with Crippen molar-refractivity contribution in [1.29, 1.82) is 0 Å². The van der Waals surface area contributed by atoms with Crippen LogP contribution in [-0.4, -0.2) is 4.98 Å². The third kappa shape index (κ3) is 2.10. The smallest absolute Gasteiger partial charge is 0.139 e. The molecule has 0 aliphatic carbocycles. The standard InChI is InChI=1S/C19H16ClNS/c1-11(2)10-12-6-5-8-14-16-18(22-17(12)14)13-7-3-4-9-15(13)21-19(16)20/h3-9,11H,10H2,1-2H3. The third-order valence-corrected chi connectivity index (χ3v) is 5.59. The average Bonchev–Trinajstić information content (AvgIpc) is 2.88. The second-order valence-corrected chi connectivity index (χ2v) is 7.50. The first-order valence-corrected chi connectivity index (χ1v) is 8.73. The number of halogens is 1. The van der Waals surface area contributed by atoms with E-state index in [0.29, 0.717) is 11.1 Å². The summed E-state index contributed by atoms with van der Waals surface area (Å²) in [4.78, 5) is 4.59. The van der Waals surface area contributed by atoms with Gasteiger partial charge >= 0.3 is 0 Å². The Morgan fingerprint density at radius 2 is 1.77 bits per heavy atom. The lowest BCUT2D eigenvalue weighted by Crippen LogP contribution is -1.93. The van der Waals surface area contributed by atoms with Gasteiger partial charge in [0.1, 0.15) is 5.15 Å². The van der Waals surface area contributed by atoms with Crippen molar-refractivity contribution in [2.45, 2.75) is 20.3 Å². The number of hydrogen-bond donors (Lipinski definition) is 0. The lowest BCUT2D eigenvalue weighted by molar-refractivity contribution is 0.650. The minimum absolute atomic E-state index is 0.613. The highest BCUT2D eigenvalue weighted by atomic mass is 35.5. The maximum absolute atomic E-state index is 6.51. The second-order valence-electron chi connectivity index (χ2n) is 6.12. The molecule has 3 heteroatoms. The van der Waals surface area contributed by atoms with E-state index in [1.807, 2.05) is 23.5 Å². The average molecular weight is 326 g/mol. The third-order valence-electron chi connectivity index (χ3n) is 4.00. The van der Waals surface area contributed by atoms with Crippen molar-refractivity contribution in [1.82, 2.24) is 4.98 Å². The van der Waals surface area contributed by atoms with Gasteiger partial charge in [-0.05, 0) is 24.0 Å². The summed E-state index contributed by atoms with van der Waals surface area (Å²) in [7, 11) is 0. The molecule has 0 aliphatic rings. The van der Waals surface area contributed by atoms with E-state index in [1.165, 1.54) is 25.7 Å². The predicted molar refractivity (Wildman–Crippen MR) is 98.2 cm³/mol. The van der Waals surface area contributed by atoms with Gasteiger partial charge in [-0.15, -0.1) is 11.3 Å². The van der Waals surface area contributed by atoms with E-state index in [1.54, 1.807) is 0 Å². The molecule has 4 aromatic rings. The van der Waals surface area contributed by atoms with Gasteiger partial charge in [-0.3, -0.25) is 0 Å². The molecule has 0 fully saturated rings. The monoisotopic (exact) mass is 325 g/mol. The Labute approximate surface area is 138 Å². The number of aromatic nitrogens is 1. The fourth-order valence-corrected chi connectivity index (χ4v) is 4.80. The number of fused-ring (bicyclic) bond motifs is 5. The van der Waals surface area contributed by atoms with Gasteiger partial charge in [-0.1, -0.05) is 61.8 Å². The summed E-state index contributed by atoms with van der Waals surface area (Å²) in [5, 5.41) is 4.15. The summed E-state index contributed by atoms with van der Waals surface area (Å²) < 4.78 is 2.60. The fourth-order valence-electron chi connectivity index (χ4n) is 3.10. The molecule has 0 bridgehead atoms. The van der Waals surface area contributed by atoms with Gasteiger partial charge in [0.05, 0.1) is 5.52 Å². The van der Waals surface area contributed by atoms with Crippen LogP contribution in [0.4, 0.5) is 0 Å². The van der Waals surface area contributed by atoms with Crippen molar-refractivity contribution >= 4 is 54.0 Å². The van der Waals surface area contributed by atoms with Crippen molar-refractivity contribution in [2.24, 2.45) is 5.92 Å². The maximum Gasteiger partial charge on any atom is 0.139 e. The Balaban J connectivity index is 2.17. The lowest BCUT2D eigenvalue weighted by atomic mass is 10.0. The van der Waals surface area contributed by atoms with Crippen LogP contribution in [0.5, 0.6) is 0 Å².